The van der Waals surface area contributed by atoms with Gasteiger partial charge in [0.1, 0.15) is 17.6 Å². The summed E-state index contributed by atoms with van der Waals surface area (Å²) in [5.74, 6) is 0.672. The number of benzene rings is 1. The number of anilines is 3. The van der Waals surface area contributed by atoms with Crippen molar-refractivity contribution in [2.75, 3.05) is 54.0 Å². The Hall–Kier alpha value is -3.94. The third-order valence-electron chi connectivity index (χ3n) is 5.59. The van der Waals surface area contributed by atoms with Gasteiger partial charge < -0.3 is 14.7 Å². The maximum atomic E-state index is 11.8. The van der Waals surface area contributed by atoms with Crippen molar-refractivity contribution in [2.24, 2.45) is 0 Å². The molecular formula is C20H22N8O3. The van der Waals surface area contributed by atoms with Crippen molar-refractivity contribution in [2.45, 2.75) is 13.8 Å². The minimum Gasteiger partial charge on any atom is -0.366 e. The Morgan fingerprint density at radius 2 is 1.87 bits per heavy atom. The van der Waals surface area contributed by atoms with E-state index < -0.39 is 4.92 Å². The number of aromatic nitrogens is 3. The molecule has 0 N–H and O–H groups in total. The summed E-state index contributed by atoms with van der Waals surface area (Å²) in [4.78, 5) is 21.9. The molecule has 0 radical (unpaired) electrons. The molecule has 1 aliphatic rings. The fourth-order valence-electron chi connectivity index (χ4n) is 4.02. The molecule has 0 amide bonds. The molecule has 0 bridgehead atoms. The van der Waals surface area contributed by atoms with E-state index in [0.29, 0.717) is 61.9 Å². The molecule has 0 aliphatic carbocycles. The fourth-order valence-corrected chi connectivity index (χ4v) is 4.02. The summed E-state index contributed by atoms with van der Waals surface area (Å²) in [6, 6.07) is 7.51. The summed E-state index contributed by atoms with van der Waals surface area (Å²) in [5, 5.41) is 29.0. The molecule has 3 heterocycles. The minimum atomic E-state index is -0.424. The predicted octanol–water partition coefficient (Wildman–Crippen LogP) is 2.57. The van der Waals surface area contributed by atoms with E-state index in [0.717, 1.165) is 5.69 Å². The lowest BCUT2D eigenvalue weighted by Gasteiger charge is -2.37. The number of nitrogens with zero attached hydrogens (tertiary/aromatic N) is 8. The number of fused-ring (bicyclic) bond motifs is 1. The molecule has 1 aromatic carbocycles. The van der Waals surface area contributed by atoms with Gasteiger partial charge in [0, 0.05) is 45.5 Å². The zero-order valence-electron chi connectivity index (χ0n) is 17.4. The fraction of sp³-hybridized carbons (Fsp3) is 0.400. The van der Waals surface area contributed by atoms with Crippen molar-refractivity contribution in [3.8, 4) is 6.07 Å². The molecule has 1 saturated heterocycles. The molecule has 11 nitrogen and oxygen atoms in total. The van der Waals surface area contributed by atoms with E-state index in [4.69, 9.17) is 4.63 Å². The summed E-state index contributed by atoms with van der Waals surface area (Å²) in [6.07, 6.45) is 1.68. The van der Waals surface area contributed by atoms with Crippen molar-refractivity contribution in [3.63, 3.8) is 0 Å². The molecule has 3 aromatic rings. The van der Waals surface area contributed by atoms with Gasteiger partial charge in [-0.1, -0.05) is 0 Å². The van der Waals surface area contributed by atoms with Gasteiger partial charge in [0.25, 0.3) is 0 Å². The lowest BCUT2D eigenvalue weighted by atomic mass is 10.1. The highest BCUT2D eigenvalue weighted by molar-refractivity contribution is 6.00. The maximum Gasteiger partial charge on any atom is 0.323 e. The Labute approximate surface area is 178 Å². The average Bonchev–Trinajstić information content (AvgIpc) is 3.28. The van der Waals surface area contributed by atoms with Crippen LogP contribution in [0.15, 0.2) is 29.0 Å². The van der Waals surface area contributed by atoms with Crippen molar-refractivity contribution in [1.29, 1.82) is 5.26 Å². The Morgan fingerprint density at radius 3 is 2.52 bits per heavy atom. The van der Waals surface area contributed by atoms with Crippen molar-refractivity contribution < 1.29 is 9.55 Å². The largest absolute Gasteiger partial charge is 0.366 e. The zero-order chi connectivity index (χ0) is 22.0. The number of hydrogen-bond donors (Lipinski definition) is 0. The van der Waals surface area contributed by atoms with Crippen LogP contribution in [0, 0.1) is 21.4 Å². The summed E-state index contributed by atoms with van der Waals surface area (Å²) < 4.78 is 4.90. The second-order valence-electron chi connectivity index (χ2n) is 7.11. The quantitative estimate of drug-likeness (QED) is 0.432. The third-order valence-corrected chi connectivity index (χ3v) is 5.59. The monoisotopic (exact) mass is 422 g/mol. The van der Waals surface area contributed by atoms with E-state index in [9.17, 15) is 15.4 Å². The second-order valence-corrected chi connectivity index (χ2v) is 7.11. The van der Waals surface area contributed by atoms with Crippen molar-refractivity contribution >= 4 is 33.9 Å². The third kappa shape index (κ3) is 3.56. The second kappa shape index (κ2) is 8.43. The Bertz CT molecular complexity index is 1140. The first-order valence-electron chi connectivity index (χ1n) is 10.1. The molecule has 1 fully saturated rings. The van der Waals surface area contributed by atoms with Gasteiger partial charge >= 0.3 is 5.69 Å². The molecule has 4 rings (SSSR count). The van der Waals surface area contributed by atoms with E-state index in [1.54, 1.807) is 18.3 Å². The molecule has 0 saturated carbocycles. The highest BCUT2D eigenvalue weighted by Gasteiger charge is 2.31. The number of hydrogen-bond acceptors (Lipinski definition) is 10. The van der Waals surface area contributed by atoms with Crippen LogP contribution in [0.5, 0.6) is 0 Å². The maximum absolute atomic E-state index is 11.8. The molecule has 0 unspecified atom stereocenters. The van der Waals surface area contributed by atoms with Crippen LogP contribution in [-0.2, 0) is 0 Å². The van der Waals surface area contributed by atoms with Crippen LogP contribution in [0.2, 0.25) is 0 Å². The molecule has 11 heteroatoms. The van der Waals surface area contributed by atoms with E-state index in [1.807, 2.05) is 24.8 Å². The number of pyridine rings is 1. The molecule has 0 atom stereocenters. The normalized spacial score (nSPS) is 14.0. The number of nitriles is 1. The van der Waals surface area contributed by atoms with Gasteiger partial charge in [-0.15, -0.1) is 0 Å². The summed E-state index contributed by atoms with van der Waals surface area (Å²) in [7, 11) is 0. The van der Waals surface area contributed by atoms with Gasteiger partial charge in [-0.3, -0.25) is 10.1 Å². The zero-order valence-corrected chi connectivity index (χ0v) is 17.4. The van der Waals surface area contributed by atoms with Crippen LogP contribution in [0.1, 0.15) is 19.4 Å². The molecule has 2 aromatic heterocycles. The van der Waals surface area contributed by atoms with Crippen LogP contribution in [-0.4, -0.2) is 59.5 Å². The first-order chi connectivity index (χ1) is 15.1. The summed E-state index contributed by atoms with van der Waals surface area (Å²) in [5.41, 5.74) is 2.25. The molecule has 160 valence electrons. The highest BCUT2D eigenvalue weighted by atomic mass is 16.6. The van der Waals surface area contributed by atoms with Gasteiger partial charge in [0.2, 0.25) is 5.52 Å². The Balaban J connectivity index is 1.69. The number of nitro groups is 1. The minimum absolute atomic E-state index is 0.0884. The van der Waals surface area contributed by atoms with E-state index in [1.165, 1.54) is 0 Å². The lowest BCUT2D eigenvalue weighted by molar-refractivity contribution is -0.382. The van der Waals surface area contributed by atoms with Crippen LogP contribution in [0.25, 0.3) is 11.0 Å². The van der Waals surface area contributed by atoms with Crippen LogP contribution >= 0.6 is 0 Å². The highest BCUT2D eigenvalue weighted by Crippen LogP contribution is 2.40. The smallest absolute Gasteiger partial charge is 0.323 e. The van der Waals surface area contributed by atoms with E-state index >= 15 is 0 Å². The number of rotatable bonds is 6. The number of nitro benzene ring substituents is 1. The molecular weight excluding hydrogens is 400 g/mol. The summed E-state index contributed by atoms with van der Waals surface area (Å²) in [6.45, 7) is 7.73. The van der Waals surface area contributed by atoms with Gasteiger partial charge in [-0.2, -0.15) is 5.26 Å². The van der Waals surface area contributed by atoms with Gasteiger partial charge in [-0.05, 0) is 42.4 Å². The predicted molar refractivity (Wildman–Crippen MR) is 115 cm³/mol. The van der Waals surface area contributed by atoms with Gasteiger partial charge in [0.05, 0.1) is 16.2 Å². The molecule has 31 heavy (non-hydrogen) atoms. The van der Waals surface area contributed by atoms with Crippen LogP contribution in [0.4, 0.5) is 22.9 Å². The standard InChI is InChI=1S/C20H22N8O3/c1-3-25(4-2)16-12-15(17-18(24-31-23-17)19(16)28(29)30)26-8-10-27(11-9-26)20-14(13-21)6-5-7-22-20/h5-7,12H,3-4,8-11H2,1-2H3. The molecule has 0 spiro atoms. The number of piperazine rings is 1. The Morgan fingerprint density at radius 1 is 1.19 bits per heavy atom. The van der Waals surface area contributed by atoms with E-state index in [-0.39, 0.29) is 11.2 Å². The first kappa shape index (κ1) is 20.3. The van der Waals surface area contributed by atoms with Crippen molar-refractivity contribution in [1.82, 2.24) is 15.3 Å². The average molecular weight is 422 g/mol. The lowest BCUT2D eigenvalue weighted by Crippen LogP contribution is -2.47. The SMILES string of the molecule is CCN(CC)c1cc(N2CCN(c3ncccc3C#N)CC2)c2nonc2c1[N+](=O)[O-]. The molecule has 1 aliphatic heterocycles. The van der Waals surface area contributed by atoms with E-state index in [2.05, 4.69) is 31.2 Å². The van der Waals surface area contributed by atoms with Gasteiger partial charge in [0.15, 0.2) is 5.52 Å². The van der Waals surface area contributed by atoms with Crippen molar-refractivity contribution in [3.05, 3.63) is 40.1 Å². The van der Waals surface area contributed by atoms with Gasteiger partial charge in [-0.25, -0.2) is 9.61 Å². The summed E-state index contributed by atoms with van der Waals surface area (Å²) >= 11 is 0. The topological polar surface area (TPSA) is 128 Å². The Kier molecular flexibility index (Phi) is 5.53. The first-order valence-corrected chi connectivity index (χ1v) is 10.1. The van der Waals surface area contributed by atoms with Crippen LogP contribution < -0.4 is 14.7 Å². The van der Waals surface area contributed by atoms with Crippen LogP contribution in [0.3, 0.4) is 0 Å².